The van der Waals surface area contributed by atoms with Crippen LogP contribution in [-0.4, -0.2) is 5.57 Å². The largest absolute Gasteiger partial charge is 0.125 e. The summed E-state index contributed by atoms with van der Waals surface area (Å²) >= 11 is 2.93. The van der Waals surface area contributed by atoms with Crippen LogP contribution in [0.3, 0.4) is 0 Å². The van der Waals surface area contributed by atoms with Crippen molar-refractivity contribution in [3.05, 3.63) is 0 Å². The minimum Gasteiger partial charge on any atom is -0.119 e. The summed E-state index contributed by atoms with van der Waals surface area (Å²) < 4.78 is 0. The highest BCUT2D eigenvalue weighted by Gasteiger charge is 2.27. The fourth-order valence-electron chi connectivity index (χ4n) is 2.45. The van der Waals surface area contributed by atoms with Crippen molar-refractivity contribution in [2.75, 3.05) is 0 Å². The zero-order valence-corrected chi connectivity index (χ0v) is 15.5. The van der Waals surface area contributed by atoms with E-state index in [4.69, 9.17) is 0 Å². The Morgan fingerprint density at radius 2 is 0.882 bits per heavy atom. The van der Waals surface area contributed by atoms with Gasteiger partial charge in [-0.15, -0.1) is 21.8 Å². The molecule has 0 fully saturated rings. The molecular formula is C15H33ISi. The molecule has 0 heterocycles. The van der Waals surface area contributed by atoms with E-state index in [1.807, 2.05) is 0 Å². The predicted octanol–water partition coefficient (Wildman–Crippen LogP) is 6.94. The van der Waals surface area contributed by atoms with Crippen LogP contribution in [-0.2, 0) is 0 Å². The first kappa shape index (κ1) is 17.9. The highest BCUT2D eigenvalue weighted by molar-refractivity contribution is 14.1. The van der Waals surface area contributed by atoms with Gasteiger partial charge in [-0.3, -0.25) is 0 Å². The molecule has 2 heteroatoms. The monoisotopic (exact) mass is 368 g/mol. The summed E-state index contributed by atoms with van der Waals surface area (Å²) in [5.41, 5.74) is -0.891. The summed E-state index contributed by atoms with van der Waals surface area (Å²) in [7, 11) is 0. The van der Waals surface area contributed by atoms with E-state index in [1.54, 1.807) is 18.1 Å². The Morgan fingerprint density at radius 3 is 1.12 bits per heavy atom. The molecule has 0 atom stereocenters. The van der Waals surface area contributed by atoms with E-state index in [9.17, 15) is 0 Å². The lowest BCUT2D eigenvalue weighted by atomic mass is 10.3. The average molecular weight is 368 g/mol. The maximum absolute atomic E-state index is 2.93. The second-order valence-corrected chi connectivity index (χ2v) is 16.2. The van der Waals surface area contributed by atoms with Crippen molar-refractivity contribution in [2.45, 2.75) is 96.7 Å². The molecule has 0 aliphatic heterocycles. The van der Waals surface area contributed by atoms with Gasteiger partial charge < -0.3 is 0 Å². The van der Waals surface area contributed by atoms with Crippen LogP contribution < -0.4 is 0 Å². The van der Waals surface area contributed by atoms with Crippen LogP contribution in [0.2, 0.25) is 18.1 Å². The third kappa shape index (κ3) is 10.5. The molecule has 0 nitrogen and oxygen atoms in total. The molecule has 0 N–H and O–H groups in total. The Balaban J connectivity index is 3.95. The zero-order chi connectivity index (χ0) is 13.0. The maximum atomic E-state index is 2.93. The summed E-state index contributed by atoms with van der Waals surface area (Å²) in [5.74, 6) is 0. The van der Waals surface area contributed by atoms with Crippen LogP contribution in [0, 0.1) is 0 Å². The minimum absolute atomic E-state index is 0.891. The number of halogens is 1. The van der Waals surface area contributed by atoms with Crippen LogP contribution in [0.5, 0.6) is 0 Å². The van der Waals surface area contributed by atoms with Gasteiger partial charge in [0.1, 0.15) is 5.57 Å². The first-order valence-corrected chi connectivity index (χ1v) is 13.6. The summed E-state index contributed by atoms with van der Waals surface area (Å²) in [4.78, 5) is 0. The molecule has 0 rings (SSSR count). The van der Waals surface area contributed by atoms with Gasteiger partial charge in [0.25, 0.3) is 0 Å². The van der Waals surface area contributed by atoms with E-state index >= 15 is 0 Å². The molecule has 0 aromatic heterocycles. The van der Waals surface area contributed by atoms with Crippen LogP contribution >= 0.6 is 21.8 Å². The van der Waals surface area contributed by atoms with Gasteiger partial charge >= 0.3 is 0 Å². The van der Waals surface area contributed by atoms with Gasteiger partial charge in [-0.1, -0.05) is 78.6 Å². The molecule has 0 bridgehead atoms. The van der Waals surface area contributed by atoms with Crippen LogP contribution in [0.25, 0.3) is 0 Å². The third-order valence-corrected chi connectivity index (χ3v) is 12.3. The Labute approximate surface area is 124 Å². The summed E-state index contributed by atoms with van der Waals surface area (Å²) in [6, 6.07) is 4.78. The van der Waals surface area contributed by atoms with Crippen LogP contribution in [0.1, 0.15) is 78.6 Å². The van der Waals surface area contributed by atoms with Crippen LogP contribution in [0.4, 0.5) is 0 Å². The van der Waals surface area contributed by atoms with E-state index in [0.29, 0.717) is 0 Å². The summed E-state index contributed by atoms with van der Waals surface area (Å²) in [5, 5.41) is 0. The molecule has 104 valence electrons. The second kappa shape index (κ2) is 12.0. The molecule has 0 saturated heterocycles. The normalized spacial score (nSPS) is 12.0. The Bertz CT molecular complexity index is 132. The fourth-order valence-corrected chi connectivity index (χ4v) is 9.28. The third-order valence-electron chi connectivity index (χ3n) is 3.69. The van der Waals surface area contributed by atoms with E-state index in [-0.39, 0.29) is 0 Å². The quantitative estimate of drug-likeness (QED) is 0.151. The van der Waals surface area contributed by atoms with Crippen molar-refractivity contribution in [3.8, 4) is 0 Å². The van der Waals surface area contributed by atoms with Crippen molar-refractivity contribution in [1.29, 1.82) is 0 Å². The van der Waals surface area contributed by atoms with Gasteiger partial charge in [0.05, 0.1) is 0 Å². The van der Waals surface area contributed by atoms with Gasteiger partial charge in [-0.2, -0.15) is 0 Å². The van der Waals surface area contributed by atoms with Crippen molar-refractivity contribution in [3.63, 3.8) is 0 Å². The lowest BCUT2D eigenvalue weighted by Gasteiger charge is -2.25. The minimum atomic E-state index is -0.891. The average Bonchev–Trinajstić information content (AvgIpc) is 2.30. The lowest BCUT2D eigenvalue weighted by Crippen LogP contribution is -2.25. The number of rotatable bonds is 12. The molecule has 17 heavy (non-hydrogen) atoms. The number of hydrogen-bond donors (Lipinski definition) is 0. The van der Waals surface area contributed by atoms with E-state index in [2.05, 4.69) is 42.6 Å². The fraction of sp³-hybridized carbons (Fsp3) is 1.00. The first-order valence-electron chi connectivity index (χ1n) is 7.87. The van der Waals surface area contributed by atoms with Crippen molar-refractivity contribution < 1.29 is 0 Å². The standard InChI is InChI=1S/C15H33ISi/c1-4-7-10-13-17(16,14-11-8-5-2)15-12-9-6-3/h4-15H2,1-3H3. The lowest BCUT2D eigenvalue weighted by molar-refractivity contribution is 0.725. The molecule has 0 saturated carbocycles. The van der Waals surface area contributed by atoms with Gasteiger partial charge in [-0.05, 0) is 18.1 Å². The van der Waals surface area contributed by atoms with Crippen molar-refractivity contribution in [1.82, 2.24) is 0 Å². The molecule has 0 spiro atoms. The molecule has 0 aromatic carbocycles. The molecule has 0 unspecified atom stereocenters. The van der Waals surface area contributed by atoms with Gasteiger partial charge in [0.2, 0.25) is 0 Å². The molecule has 0 aliphatic rings. The van der Waals surface area contributed by atoms with Gasteiger partial charge in [0.15, 0.2) is 0 Å². The Hall–Kier alpha value is 0.947. The van der Waals surface area contributed by atoms with Crippen molar-refractivity contribution >= 4 is 27.4 Å². The highest BCUT2D eigenvalue weighted by Crippen LogP contribution is 2.34. The molecule has 0 amide bonds. The van der Waals surface area contributed by atoms with Gasteiger partial charge in [0, 0.05) is 0 Å². The van der Waals surface area contributed by atoms with E-state index in [0.717, 1.165) is 0 Å². The Morgan fingerprint density at radius 1 is 0.588 bits per heavy atom. The molecule has 0 aromatic rings. The number of unbranched alkanes of at least 4 members (excludes halogenated alkanes) is 6. The maximum Gasteiger partial charge on any atom is 0.125 e. The first-order chi connectivity index (χ1) is 8.18. The molecule has 0 radical (unpaired) electrons. The smallest absolute Gasteiger partial charge is 0.119 e. The molecular weight excluding hydrogens is 335 g/mol. The van der Waals surface area contributed by atoms with Crippen LogP contribution in [0.15, 0.2) is 0 Å². The SMILES string of the molecule is CCCCC[Si](I)(CCCCC)CCCCC. The second-order valence-electron chi connectivity index (χ2n) is 5.52. The van der Waals surface area contributed by atoms with E-state index < -0.39 is 5.57 Å². The molecule has 0 aliphatic carbocycles. The zero-order valence-electron chi connectivity index (χ0n) is 12.4. The van der Waals surface area contributed by atoms with E-state index in [1.165, 1.54) is 57.8 Å². The summed E-state index contributed by atoms with van der Waals surface area (Å²) in [6.07, 6.45) is 13.0. The Kier molecular flexibility index (Phi) is 12.7. The van der Waals surface area contributed by atoms with Gasteiger partial charge in [-0.25, -0.2) is 0 Å². The predicted molar refractivity (Wildman–Crippen MR) is 92.8 cm³/mol. The summed E-state index contributed by atoms with van der Waals surface area (Å²) in [6.45, 7) is 6.97. The van der Waals surface area contributed by atoms with Crippen molar-refractivity contribution in [2.24, 2.45) is 0 Å². The topological polar surface area (TPSA) is 0 Å². The number of hydrogen-bond acceptors (Lipinski definition) is 0. The highest BCUT2D eigenvalue weighted by atomic mass is 127.